The van der Waals surface area contributed by atoms with E-state index in [-0.39, 0.29) is 5.56 Å². The number of carbonyl (C=O) groups is 2. The number of amides is 2. The summed E-state index contributed by atoms with van der Waals surface area (Å²) in [5.41, 5.74) is 6.07. The summed E-state index contributed by atoms with van der Waals surface area (Å²) in [4.78, 5) is 24.0. The molecule has 2 amide bonds. The highest BCUT2D eigenvalue weighted by Gasteiger charge is 2.11. The van der Waals surface area contributed by atoms with Crippen molar-refractivity contribution < 1.29 is 14.0 Å². The lowest BCUT2D eigenvalue weighted by Crippen LogP contribution is -2.41. The van der Waals surface area contributed by atoms with Crippen LogP contribution in [0.25, 0.3) is 5.69 Å². The molecule has 0 atom stereocenters. The standard InChI is InChI=1S/C16H13FN6O2/c1-10-2-3-12(8-14(10)17)16(25)20-19-15(24)11-4-6-13(7-5-11)23-9-18-21-22-23/h2-9H,1H3,(H,19,24)(H,20,25). The Kier molecular flexibility index (Phi) is 4.46. The van der Waals surface area contributed by atoms with Gasteiger partial charge in [0, 0.05) is 11.1 Å². The van der Waals surface area contributed by atoms with Crippen molar-refractivity contribution in [1.29, 1.82) is 0 Å². The quantitative estimate of drug-likeness (QED) is 0.697. The number of nitrogens with zero attached hydrogens (tertiary/aromatic N) is 4. The van der Waals surface area contributed by atoms with Gasteiger partial charge >= 0.3 is 0 Å². The lowest BCUT2D eigenvalue weighted by molar-refractivity contribution is 0.0846. The molecule has 2 aromatic carbocycles. The van der Waals surface area contributed by atoms with Gasteiger partial charge in [-0.25, -0.2) is 9.07 Å². The number of tetrazole rings is 1. The monoisotopic (exact) mass is 340 g/mol. The summed E-state index contributed by atoms with van der Waals surface area (Å²) in [6.07, 6.45) is 1.43. The Labute approximate surface area is 141 Å². The van der Waals surface area contributed by atoms with Crippen molar-refractivity contribution >= 4 is 11.8 Å². The molecule has 3 rings (SSSR count). The van der Waals surface area contributed by atoms with Crippen LogP contribution < -0.4 is 10.9 Å². The molecular weight excluding hydrogens is 327 g/mol. The maximum Gasteiger partial charge on any atom is 0.269 e. The fraction of sp³-hybridized carbons (Fsp3) is 0.0625. The zero-order valence-corrected chi connectivity index (χ0v) is 13.1. The molecule has 9 heteroatoms. The van der Waals surface area contributed by atoms with Crippen molar-refractivity contribution in [2.24, 2.45) is 0 Å². The summed E-state index contributed by atoms with van der Waals surface area (Å²) in [6.45, 7) is 1.60. The van der Waals surface area contributed by atoms with Crippen LogP contribution in [0.15, 0.2) is 48.8 Å². The molecule has 0 fully saturated rings. The van der Waals surface area contributed by atoms with E-state index >= 15 is 0 Å². The normalized spacial score (nSPS) is 10.3. The van der Waals surface area contributed by atoms with Gasteiger partial charge in [-0.15, -0.1) is 5.10 Å². The largest absolute Gasteiger partial charge is 0.269 e. The molecule has 1 heterocycles. The molecule has 0 bridgehead atoms. The van der Waals surface area contributed by atoms with E-state index in [1.807, 2.05) is 0 Å². The van der Waals surface area contributed by atoms with Gasteiger partial charge < -0.3 is 0 Å². The molecule has 8 nitrogen and oxygen atoms in total. The number of halogens is 1. The molecule has 0 aliphatic carbocycles. The molecular formula is C16H13FN6O2. The molecule has 0 unspecified atom stereocenters. The van der Waals surface area contributed by atoms with Crippen LogP contribution in [0.5, 0.6) is 0 Å². The second kappa shape index (κ2) is 6.87. The first-order valence-electron chi connectivity index (χ1n) is 7.25. The van der Waals surface area contributed by atoms with Gasteiger partial charge in [-0.05, 0) is 59.3 Å². The number of carbonyl (C=O) groups excluding carboxylic acids is 2. The Morgan fingerprint density at radius 2 is 1.64 bits per heavy atom. The van der Waals surface area contributed by atoms with Gasteiger partial charge in [0.2, 0.25) is 0 Å². The van der Waals surface area contributed by atoms with Gasteiger partial charge in [0.1, 0.15) is 12.1 Å². The smallest absolute Gasteiger partial charge is 0.267 e. The molecule has 0 aliphatic heterocycles. The Bertz CT molecular complexity index is 909. The summed E-state index contributed by atoms with van der Waals surface area (Å²) >= 11 is 0. The number of rotatable bonds is 3. The van der Waals surface area contributed by atoms with Gasteiger partial charge in [0.05, 0.1) is 5.69 Å². The minimum atomic E-state index is -0.613. The van der Waals surface area contributed by atoms with E-state index in [0.29, 0.717) is 16.8 Å². The van der Waals surface area contributed by atoms with Crippen molar-refractivity contribution in [2.45, 2.75) is 6.92 Å². The van der Waals surface area contributed by atoms with Crippen molar-refractivity contribution in [1.82, 2.24) is 31.1 Å². The third-order valence-corrected chi connectivity index (χ3v) is 3.47. The van der Waals surface area contributed by atoms with Gasteiger partial charge in [-0.2, -0.15) is 0 Å². The zero-order chi connectivity index (χ0) is 17.8. The first kappa shape index (κ1) is 16.2. The lowest BCUT2D eigenvalue weighted by Gasteiger charge is -2.08. The average molecular weight is 340 g/mol. The molecule has 126 valence electrons. The molecule has 0 aliphatic rings. The third-order valence-electron chi connectivity index (χ3n) is 3.47. The Morgan fingerprint density at radius 1 is 1.00 bits per heavy atom. The van der Waals surface area contributed by atoms with Gasteiger partial charge in [0.25, 0.3) is 11.8 Å². The summed E-state index contributed by atoms with van der Waals surface area (Å²) in [6, 6.07) is 10.5. The molecule has 0 saturated heterocycles. The first-order chi connectivity index (χ1) is 12.0. The molecule has 2 N–H and O–H groups in total. The van der Waals surface area contributed by atoms with Crippen molar-refractivity contribution in [3.05, 3.63) is 71.3 Å². The number of hydrazine groups is 1. The predicted molar refractivity (Wildman–Crippen MR) is 85.2 cm³/mol. The van der Waals surface area contributed by atoms with E-state index in [4.69, 9.17) is 0 Å². The van der Waals surface area contributed by atoms with Crippen LogP contribution in [-0.4, -0.2) is 32.0 Å². The molecule has 3 aromatic rings. The van der Waals surface area contributed by atoms with Gasteiger partial charge in [-0.3, -0.25) is 20.4 Å². The number of hydrogen-bond acceptors (Lipinski definition) is 5. The van der Waals surface area contributed by atoms with Crippen LogP contribution >= 0.6 is 0 Å². The van der Waals surface area contributed by atoms with Crippen molar-refractivity contribution in [3.63, 3.8) is 0 Å². The molecule has 25 heavy (non-hydrogen) atoms. The predicted octanol–water partition coefficient (Wildman–Crippen LogP) is 1.18. The maximum atomic E-state index is 13.5. The Hall–Kier alpha value is -3.62. The zero-order valence-electron chi connectivity index (χ0n) is 13.1. The molecule has 0 spiro atoms. The number of hydrogen-bond donors (Lipinski definition) is 2. The highest BCUT2D eigenvalue weighted by atomic mass is 19.1. The van der Waals surface area contributed by atoms with Crippen LogP contribution in [0.3, 0.4) is 0 Å². The first-order valence-corrected chi connectivity index (χ1v) is 7.25. The van der Waals surface area contributed by atoms with E-state index in [9.17, 15) is 14.0 Å². The number of benzene rings is 2. The van der Waals surface area contributed by atoms with Crippen molar-refractivity contribution in [2.75, 3.05) is 0 Å². The van der Waals surface area contributed by atoms with E-state index in [1.54, 1.807) is 31.2 Å². The Morgan fingerprint density at radius 3 is 2.24 bits per heavy atom. The minimum Gasteiger partial charge on any atom is -0.267 e. The molecule has 0 saturated carbocycles. The van der Waals surface area contributed by atoms with E-state index in [1.165, 1.54) is 23.1 Å². The van der Waals surface area contributed by atoms with Crippen LogP contribution in [0, 0.1) is 12.7 Å². The van der Waals surface area contributed by atoms with Crippen molar-refractivity contribution in [3.8, 4) is 5.69 Å². The average Bonchev–Trinajstić information content (AvgIpc) is 3.16. The third kappa shape index (κ3) is 3.66. The summed E-state index contributed by atoms with van der Waals surface area (Å²) in [5, 5.41) is 10.8. The maximum absolute atomic E-state index is 13.5. The van der Waals surface area contributed by atoms with E-state index < -0.39 is 17.6 Å². The van der Waals surface area contributed by atoms with E-state index in [2.05, 4.69) is 26.4 Å². The fourth-order valence-electron chi connectivity index (χ4n) is 2.04. The summed E-state index contributed by atoms with van der Waals surface area (Å²) in [5.74, 6) is -1.61. The highest BCUT2D eigenvalue weighted by molar-refractivity contribution is 5.99. The number of aryl methyl sites for hydroxylation is 1. The molecule has 0 radical (unpaired) electrons. The summed E-state index contributed by atoms with van der Waals surface area (Å²) < 4.78 is 14.9. The van der Waals surface area contributed by atoms with E-state index in [0.717, 1.165) is 6.07 Å². The fourth-order valence-corrected chi connectivity index (χ4v) is 2.04. The minimum absolute atomic E-state index is 0.109. The summed E-state index contributed by atoms with van der Waals surface area (Å²) in [7, 11) is 0. The van der Waals surface area contributed by atoms with Crippen LogP contribution in [0.4, 0.5) is 4.39 Å². The second-order valence-corrected chi connectivity index (χ2v) is 5.17. The van der Waals surface area contributed by atoms with Gasteiger partial charge in [0.15, 0.2) is 0 Å². The van der Waals surface area contributed by atoms with Crippen LogP contribution in [0.2, 0.25) is 0 Å². The number of aromatic nitrogens is 4. The molecule has 1 aromatic heterocycles. The number of nitrogens with one attached hydrogen (secondary N) is 2. The van der Waals surface area contributed by atoms with Crippen LogP contribution in [0.1, 0.15) is 26.3 Å². The lowest BCUT2D eigenvalue weighted by atomic mass is 10.1. The topological polar surface area (TPSA) is 102 Å². The van der Waals surface area contributed by atoms with Gasteiger partial charge in [-0.1, -0.05) is 6.07 Å². The van der Waals surface area contributed by atoms with Crippen LogP contribution in [-0.2, 0) is 0 Å². The second-order valence-electron chi connectivity index (χ2n) is 5.17. The SMILES string of the molecule is Cc1ccc(C(=O)NNC(=O)c2ccc(-n3cnnn3)cc2)cc1F. The Balaban J connectivity index is 1.62. The highest BCUT2D eigenvalue weighted by Crippen LogP contribution is 2.09.